The van der Waals surface area contributed by atoms with Gasteiger partial charge in [0.05, 0.1) is 4.92 Å². The zero-order chi connectivity index (χ0) is 18.7. The minimum Gasteiger partial charge on any atom is -0.508 e. The fraction of sp³-hybridized carbons (Fsp3) is 0.222. The van der Waals surface area contributed by atoms with Crippen LogP contribution in [-0.4, -0.2) is 57.8 Å². The zero-order valence-electron chi connectivity index (χ0n) is 13.9. The van der Waals surface area contributed by atoms with Gasteiger partial charge in [-0.05, 0) is 30.3 Å². The molecule has 0 aliphatic carbocycles. The minimum absolute atomic E-state index is 0.0916. The second-order valence-electron chi connectivity index (χ2n) is 5.94. The third kappa shape index (κ3) is 3.64. The SMILES string of the molecule is O=C(c1ccc(O)cc1)N1CCN(C(=O)c2cccc([N+](=O)[O-])c2)CC1. The molecule has 2 aromatic carbocycles. The highest BCUT2D eigenvalue weighted by atomic mass is 16.6. The van der Waals surface area contributed by atoms with E-state index in [2.05, 4.69) is 0 Å². The summed E-state index contributed by atoms with van der Waals surface area (Å²) in [5, 5.41) is 20.1. The van der Waals surface area contributed by atoms with Gasteiger partial charge in [-0.3, -0.25) is 19.7 Å². The Morgan fingerprint density at radius 3 is 1.96 bits per heavy atom. The first-order valence-electron chi connectivity index (χ1n) is 8.08. The van der Waals surface area contributed by atoms with Gasteiger partial charge in [0.15, 0.2) is 0 Å². The van der Waals surface area contributed by atoms with Crippen molar-refractivity contribution < 1.29 is 19.6 Å². The number of hydrogen-bond acceptors (Lipinski definition) is 5. The molecule has 2 aromatic rings. The van der Waals surface area contributed by atoms with E-state index in [1.54, 1.807) is 28.0 Å². The summed E-state index contributed by atoms with van der Waals surface area (Å²) in [4.78, 5) is 38.5. The van der Waals surface area contributed by atoms with Crippen LogP contribution in [0.5, 0.6) is 5.75 Å². The first-order chi connectivity index (χ1) is 12.5. The molecule has 1 heterocycles. The van der Waals surface area contributed by atoms with Crippen molar-refractivity contribution in [2.75, 3.05) is 26.2 Å². The fourth-order valence-corrected chi connectivity index (χ4v) is 2.83. The Hall–Kier alpha value is -3.42. The van der Waals surface area contributed by atoms with Gasteiger partial charge >= 0.3 is 0 Å². The van der Waals surface area contributed by atoms with E-state index in [0.717, 1.165) is 0 Å². The van der Waals surface area contributed by atoms with Crippen molar-refractivity contribution in [2.45, 2.75) is 0 Å². The van der Waals surface area contributed by atoms with Gasteiger partial charge in [-0.25, -0.2) is 0 Å². The highest BCUT2D eigenvalue weighted by molar-refractivity contribution is 5.96. The number of phenolic OH excluding ortho intramolecular Hbond substituents is 1. The number of phenols is 1. The molecule has 2 amide bonds. The van der Waals surface area contributed by atoms with Crippen LogP contribution in [0, 0.1) is 10.1 Å². The van der Waals surface area contributed by atoms with E-state index in [1.807, 2.05) is 0 Å². The van der Waals surface area contributed by atoms with Crippen LogP contribution in [-0.2, 0) is 0 Å². The summed E-state index contributed by atoms with van der Waals surface area (Å²) in [5.74, 6) is -0.355. The molecule has 0 saturated carbocycles. The van der Waals surface area contributed by atoms with E-state index in [9.17, 15) is 24.8 Å². The molecule has 26 heavy (non-hydrogen) atoms. The number of nitro groups is 1. The Bertz CT molecular complexity index is 842. The van der Waals surface area contributed by atoms with E-state index >= 15 is 0 Å². The van der Waals surface area contributed by atoms with Crippen molar-refractivity contribution in [3.8, 4) is 5.75 Å². The normalized spacial score (nSPS) is 14.2. The van der Waals surface area contributed by atoms with Gasteiger partial charge in [0.25, 0.3) is 17.5 Å². The molecule has 0 radical (unpaired) electrons. The summed E-state index contributed by atoms with van der Waals surface area (Å²) >= 11 is 0. The van der Waals surface area contributed by atoms with Crippen LogP contribution in [0.15, 0.2) is 48.5 Å². The second kappa shape index (κ2) is 7.22. The summed E-state index contributed by atoms with van der Waals surface area (Å²) < 4.78 is 0. The van der Waals surface area contributed by atoms with Crippen LogP contribution in [0.1, 0.15) is 20.7 Å². The predicted molar refractivity (Wildman–Crippen MR) is 93.0 cm³/mol. The van der Waals surface area contributed by atoms with Gasteiger partial charge < -0.3 is 14.9 Å². The van der Waals surface area contributed by atoms with Crippen molar-refractivity contribution in [1.29, 1.82) is 0 Å². The minimum atomic E-state index is -0.537. The number of hydrogen-bond donors (Lipinski definition) is 1. The van der Waals surface area contributed by atoms with Crippen LogP contribution in [0.2, 0.25) is 0 Å². The molecular weight excluding hydrogens is 338 g/mol. The summed E-state index contributed by atoms with van der Waals surface area (Å²) in [6.45, 7) is 1.46. The van der Waals surface area contributed by atoms with Crippen molar-refractivity contribution in [1.82, 2.24) is 9.80 Å². The van der Waals surface area contributed by atoms with E-state index < -0.39 is 4.92 Å². The van der Waals surface area contributed by atoms with Gasteiger partial charge in [-0.1, -0.05) is 6.07 Å². The first-order valence-corrected chi connectivity index (χ1v) is 8.08. The molecule has 0 atom stereocenters. The number of amides is 2. The Morgan fingerprint density at radius 2 is 1.42 bits per heavy atom. The highest BCUT2D eigenvalue weighted by Gasteiger charge is 2.26. The number of nitrogens with zero attached hydrogens (tertiary/aromatic N) is 3. The van der Waals surface area contributed by atoms with E-state index in [1.165, 1.54) is 30.3 Å². The molecule has 1 aliphatic heterocycles. The molecule has 0 unspecified atom stereocenters. The smallest absolute Gasteiger partial charge is 0.270 e. The topological polar surface area (TPSA) is 104 Å². The number of non-ortho nitro benzene ring substituents is 1. The molecule has 1 aliphatic rings. The first kappa shape index (κ1) is 17.4. The predicted octanol–water partition coefficient (Wildman–Crippen LogP) is 1.90. The number of nitro benzene ring substituents is 1. The maximum Gasteiger partial charge on any atom is 0.270 e. The average molecular weight is 355 g/mol. The lowest BCUT2D eigenvalue weighted by Gasteiger charge is -2.34. The Balaban J connectivity index is 1.63. The Labute approximate surface area is 149 Å². The maximum absolute atomic E-state index is 12.5. The van der Waals surface area contributed by atoms with Gasteiger partial charge in [0.2, 0.25) is 0 Å². The number of carbonyl (C=O) groups excluding carboxylic acids is 2. The van der Waals surface area contributed by atoms with Crippen molar-refractivity contribution in [3.63, 3.8) is 0 Å². The van der Waals surface area contributed by atoms with Gasteiger partial charge in [-0.2, -0.15) is 0 Å². The number of benzene rings is 2. The van der Waals surface area contributed by atoms with Crippen molar-refractivity contribution >= 4 is 17.5 Å². The molecule has 3 rings (SSSR count). The average Bonchev–Trinajstić information content (AvgIpc) is 2.67. The fourth-order valence-electron chi connectivity index (χ4n) is 2.83. The van der Waals surface area contributed by atoms with E-state index in [0.29, 0.717) is 31.7 Å². The summed E-state index contributed by atoms with van der Waals surface area (Å²) in [6, 6.07) is 11.6. The molecule has 134 valence electrons. The number of aromatic hydroxyl groups is 1. The van der Waals surface area contributed by atoms with Gasteiger partial charge in [-0.15, -0.1) is 0 Å². The van der Waals surface area contributed by atoms with Crippen molar-refractivity contribution in [2.24, 2.45) is 0 Å². The van der Waals surface area contributed by atoms with Gasteiger partial charge in [0.1, 0.15) is 5.75 Å². The van der Waals surface area contributed by atoms with Crippen LogP contribution in [0.3, 0.4) is 0 Å². The third-order valence-corrected chi connectivity index (χ3v) is 4.27. The van der Waals surface area contributed by atoms with Crippen LogP contribution in [0.25, 0.3) is 0 Å². The molecule has 1 N–H and O–H groups in total. The molecule has 8 nitrogen and oxygen atoms in total. The third-order valence-electron chi connectivity index (χ3n) is 4.27. The molecule has 8 heteroatoms. The molecule has 0 spiro atoms. The molecule has 1 saturated heterocycles. The number of carbonyl (C=O) groups is 2. The maximum atomic E-state index is 12.5. The monoisotopic (exact) mass is 355 g/mol. The Kier molecular flexibility index (Phi) is 4.83. The number of rotatable bonds is 3. The Morgan fingerprint density at radius 1 is 0.885 bits per heavy atom. The molecule has 0 bridgehead atoms. The highest BCUT2D eigenvalue weighted by Crippen LogP contribution is 2.17. The molecule has 1 fully saturated rings. The van der Waals surface area contributed by atoms with Gasteiger partial charge in [0, 0.05) is 49.4 Å². The lowest BCUT2D eigenvalue weighted by molar-refractivity contribution is -0.384. The summed E-state index contributed by atoms with van der Waals surface area (Å²) in [7, 11) is 0. The van der Waals surface area contributed by atoms with Crippen LogP contribution >= 0.6 is 0 Å². The van der Waals surface area contributed by atoms with E-state index in [-0.39, 0.29) is 28.8 Å². The zero-order valence-corrected chi connectivity index (χ0v) is 13.9. The largest absolute Gasteiger partial charge is 0.508 e. The van der Waals surface area contributed by atoms with Crippen LogP contribution in [0.4, 0.5) is 5.69 Å². The summed E-state index contributed by atoms with van der Waals surface area (Å²) in [6.07, 6.45) is 0. The molecular formula is C18H17N3O5. The molecule has 0 aromatic heterocycles. The summed E-state index contributed by atoms with van der Waals surface area (Å²) in [5.41, 5.74) is 0.607. The lowest BCUT2D eigenvalue weighted by atomic mass is 10.1. The second-order valence-corrected chi connectivity index (χ2v) is 5.94. The number of piperazine rings is 1. The standard InChI is InChI=1S/C18H17N3O5/c22-16-6-4-13(5-7-16)17(23)19-8-10-20(11-9-19)18(24)14-2-1-3-15(12-14)21(25)26/h1-7,12,22H,8-11H2. The van der Waals surface area contributed by atoms with Crippen molar-refractivity contribution in [3.05, 3.63) is 69.8 Å². The van der Waals surface area contributed by atoms with Crippen LogP contribution < -0.4 is 0 Å². The van der Waals surface area contributed by atoms with E-state index in [4.69, 9.17) is 0 Å². The quantitative estimate of drug-likeness (QED) is 0.669. The lowest BCUT2D eigenvalue weighted by Crippen LogP contribution is -2.50.